The number of hydrogen-bond acceptors (Lipinski definition) is 4. The zero-order valence-electron chi connectivity index (χ0n) is 37.1. The van der Waals surface area contributed by atoms with Crippen LogP contribution >= 0.6 is 0 Å². The molecule has 1 radical (unpaired) electrons. The van der Waals surface area contributed by atoms with Crippen LogP contribution < -0.4 is 5.19 Å². The molecule has 1 aliphatic rings. The van der Waals surface area contributed by atoms with E-state index >= 15 is 0 Å². The van der Waals surface area contributed by atoms with Gasteiger partial charge in [-0.05, 0) is 107 Å². The average Bonchev–Trinajstić information content (AvgIpc) is 3.83. The summed E-state index contributed by atoms with van der Waals surface area (Å²) in [6.45, 7) is 25.1. The van der Waals surface area contributed by atoms with E-state index in [1.165, 1.54) is 69.8 Å². The number of benzene rings is 3. The SMILES string of the molecule is CC(C)(C)Cc1cc(-c2[c-]cccc2)ncc1[Si](C)(C)C.Cc1ccc(C)c(-c2ccc3c(n2)oc2c[c-]c(-c4cc(CC5CCCC5)c(C(C)C)cn4)cc23)c1C.[Ir]. The van der Waals surface area contributed by atoms with Gasteiger partial charge in [-0.25, -0.2) is 4.98 Å². The molecule has 0 spiro atoms. The second-order valence-corrected chi connectivity index (χ2v) is 24.3. The second-order valence-electron chi connectivity index (χ2n) is 19.2. The van der Waals surface area contributed by atoms with Gasteiger partial charge in [0, 0.05) is 43.4 Å². The molecule has 0 amide bonds. The minimum absolute atomic E-state index is 0. The van der Waals surface area contributed by atoms with Crippen LogP contribution in [0.5, 0.6) is 0 Å². The van der Waals surface area contributed by atoms with Gasteiger partial charge in [0.05, 0.1) is 19.4 Å². The number of rotatable bonds is 8. The molecule has 7 aromatic rings. The fourth-order valence-electron chi connectivity index (χ4n) is 8.70. The monoisotopic (exact) mass is 976 g/mol. The molecule has 0 atom stereocenters. The van der Waals surface area contributed by atoms with Gasteiger partial charge in [-0.3, -0.25) is 0 Å². The normalized spacial score (nSPS) is 13.5. The summed E-state index contributed by atoms with van der Waals surface area (Å²) in [6.07, 6.45) is 11.9. The van der Waals surface area contributed by atoms with Gasteiger partial charge < -0.3 is 14.4 Å². The van der Waals surface area contributed by atoms with Gasteiger partial charge in [-0.2, -0.15) is 0 Å². The number of hydrogen-bond donors (Lipinski definition) is 0. The van der Waals surface area contributed by atoms with Crippen molar-refractivity contribution < 1.29 is 24.5 Å². The van der Waals surface area contributed by atoms with Crippen LogP contribution in [0.15, 0.2) is 89.6 Å². The molecule has 0 saturated heterocycles. The quantitative estimate of drug-likeness (QED) is 0.112. The van der Waals surface area contributed by atoms with Crippen molar-refractivity contribution in [1.82, 2.24) is 15.0 Å². The Morgan fingerprint density at radius 1 is 0.780 bits per heavy atom. The van der Waals surface area contributed by atoms with E-state index in [1.54, 1.807) is 0 Å². The van der Waals surface area contributed by atoms with Crippen LogP contribution in [0.1, 0.15) is 99.6 Å². The molecule has 0 bridgehead atoms. The van der Waals surface area contributed by atoms with Crippen molar-refractivity contribution in [2.24, 2.45) is 11.3 Å². The van der Waals surface area contributed by atoms with Crippen molar-refractivity contribution in [2.45, 2.75) is 119 Å². The predicted molar refractivity (Wildman–Crippen MR) is 248 cm³/mol. The van der Waals surface area contributed by atoms with Crippen LogP contribution in [-0.2, 0) is 32.9 Å². The van der Waals surface area contributed by atoms with Crippen LogP contribution in [0.4, 0.5) is 0 Å². The largest absolute Gasteiger partial charge is 0.486 e. The summed E-state index contributed by atoms with van der Waals surface area (Å²) in [5, 5.41) is 3.58. The maximum absolute atomic E-state index is 6.22. The van der Waals surface area contributed by atoms with Gasteiger partial charge >= 0.3 is 0 Å². The van der Waals surface area contributed by atoms with Crippen LogP contribution in [0.3, 0.4) is 0 Å². The van der Waals surface area contributed by atoms with Gasteiger partial charge in [0.1, 0.15) is 0 Å². The minimum Gasteiger partial charge on any atom is -0.486 e. The first-order valence-corrected chi connectivity index (χ1v) is 24.8. The van der Waals surface area contributed by atoms with E-state index in [-0.39, 0.29) is 25.5 Å². The molecule has 4 heterocycles. The molecule has 309 valence electrons. The Bertz CT molecular complexity index is 2550. The van der Waals surface area contributed by atoms with Crippen molar-refractivity contribution in [3.63, 3.8) is 0 Å². The number of aryl methyl sites for hydroxylation is 2. The van der Waals surface area contributed by atoms with Gasteiger partial charge in [0.15, 0.2) is 0 Å². The third kappa shape index (κ3) is 10.2. The van der Waals surface area contributed by atoms with Crippen molar-refractivity contribution in [2.75, 3.05) is 0 Å². The Balaban J connectivity index is 0.000000227. The van der Waals surface area contributed by atoms with Crippen molar-refractivity contribution in [3.05, 3.63) is 131 Å². The Labute approximate surface area is 368 Å². The number of aromatic nitrogens is 3. The second kappa shape index (κ2) is 18.2. The Morgan fingerprint density at radius 3 is 2.15 bits per heavy atom. The van der Waals surface area contributed by atoms with Gasteiger partial charge in [0.25, 0.3) is 0 Å². The third-order valence-electron chi connectivity index (χ3n) is 11.9. The predicted octanol–water partition coefficient (Wildman–Crippen LogP) is 14.0. The molecular formula is C53H61IrN3OSi-2. The standard InChI is InChI=1S/C34H35N2O.C19H26NSi.Ir/c1-20(2)29-19-35-31(18-26(29)16-24-8-6-7-9-24)25-12-15-32-28(17-25)27-13-14-30(36-34(27)37-32)33-22(4)11-10-21(3)23(33)5;1-19(2,3)13-16-12-17(15-10-8-7-9-11-15)20-14-18(16)21(4,5)6;/h10-11,13-15,17-20,24H,6-9,16H2,1-5H3;7-10,12,14H,13H2,1-6H3;/q2*-1;. The molecule has 8 rings (SSSR count). The van der Waals surface area contributed by atoms with E-state index in [1.807, 2.05) is 24.3 Å². The average molecular weight is 976 g/mol. The van der Waals surface area contributed by atoms with E-state index in [2.05, 4.69) is 148 Å². The van der Waals surface area contributed by atoms with Crippen LogP contribution in [0.25, 0.3) is 55.8 Å². The summed E-state index contributed by atoms with van der Waals surface area (Å²) < 4.78 is 6.22. The molecule has 6 heteroatoms. The van der Waals surface area contributed by atoms with E-state index < -0.39 is 8.07 Å². The Hall–Kier alpha value is -4.22. The Morgan fingerprint density at radius 2 is 1.47 bits per heavy atom. The first kappa shape index (κ1) is 44.3. The fourth-order valence-corrected chi connectivity index (χ4v) is 10.3. The minimum atomic E-state index is -1.37. The first-order valence-electron chi connectivity index (χ1n) is 21.3. The summed E-state index contributed by atoms with van der Waals surface area (Å²) in [4.78, 5) is 14.5. The van der Waals surface area contributed by atoms with Gasteiger partial charge in [0.2, 0.25) is 5.71 Å². The topological polar surface area (TPSA) is 51.8 Å². The molecule has 1 saturated carbocycles. The molecule has 4 nitrogen and oxygen atoms in total. The van der Waals surface area contributed by atoms with E-state index in [9.17, 15) is 0 Å². The number of fused-ring (bicyclic) bond motifs is 3. The van der Waals surface area contributed by atoms with Crippen molar-refractivity contribution in [3.8, 4) is 33.8 Å². The number of nitrogens with zero attached hydrogens (tertiary/aromatic N) is 3. The maximum Gasteiger partial charge on any atom is 0.216 e. The summed E-state index contributed by atoms with van der Waals surface area (Å²) >= 11 is 0. The van der Waals surface area contributed by atoms with E-state index in [4.69, 9.17) is 19.4 Å². The molecule has 59 heavy (non-hydrogen) atoms. The number of pyridine rings is 3. The van der Waals surface area contributed by atoms with Crippen LogP contribution in [0.2, 0.25) is 19.6 Å². The summed E-state index contributed by atoms with van der Waals surface area (Å²) in [6, 6.07) is 32.1. The third-order valence-corrected chi connectivity index (χ3v) is 13.9. The van der Waals surface area contributed by atoms with Crippen LogP contribution in [-0.4, -0.2) is 23.0 Å². The smallest absolute Gasteiger partial charge is 0.216 e. The molecule has 1 fully saturated rings. The summed E-state index contributed by atoms with van der Waals surface area (Å²) in [7, 11) is -1.37. The Kier molecular flexibility index (Phi) is 13.7. The van der Waals surface area contributed by atoms with E-state index in [0.29, 0.717) is 11.6 Å². The van der Waals surface area contributed by atoms with Crippen molar-refractivity contribution >= 4 is 35.3 Å². The molecule has 0 unspecified atom stereocenters. The summed E-state index contributed by atoms with van der Waals surface area (Å²) in [5.41, 5.74) is 16.1. The molecule has 0 N–H and O–H groups in total. The molecule has 4 aromatic heterocycles. The van der Waals surface area contributed by atoms with Gasteiger partial charge in [-0.15, -0.1) is 59.7 Å². The molecule has 3 aromatic carbocycles. The molecule has 0 aliphatic heterocycles. The molecular weight excluding hydrogens is 915 g/mol. The van der Waals surface area contributed by atoms with E-state index in [0.717, 1.165) is 63.3 Å². The van der Waals surface area contributed by atoms with Crippen molar-refractivity contribution in [1.29, 1.82) is 0 Å². The van der Waals surface area contributed by atoms with Crippen LogP contribution in [0, 0.1) is 44.2 Å². The zero-order chi connectivity index (χ0) is 41.4. The summed E-state index contributed by atoms with van der Waals surface area (Å²) in [5.74, 6) is 1.28. The number of furan rings is 1. The maximum atomic E-state index is 6.22. The fraction of sp³-hybridized carbons (Fsp3) is 0.377. The molecule has 1 aliphatic carbocycles. The van der Waals surface area contributed by atoms with Gasteiger partial charge in [-0.1, -0.05) is 115 Å². The zero-order valence-corrected chi connectivity index (χ0v) is 40.5. The first-order chi connectivity index (χ1) is 27.6.